The van der Waals surface area contributed by atoms with E-state index in [1.54, 1.807) is 13.0 Å². The average molecular weight is 278 g/mol. The average Bonchev–Trinajstić information content (AvgIpc) is 2.29. The van der Waals surface area contributed by atoms with Crippen molar-refractivity contribution in [2.45, 2.75) is 34.6 Å². The molecule has 0 bridgehead atoms. The summed E-state index contributed by atoms with van der Waals surface area (Å²) in [6.45, 7) is 10.2. The Kier molecular flexibility index (Phi) is 4.76. The van der Waals surface area contributed by atoms with Gasteiger partial charge in [-0.3, -0.25) is 0 Å². The second-order valence-electron chi connectivity index (χ2n) is 6.14. The minimum Gasteiger partial charge on any atom is -0.478 e. The van der Waals surface area contributed by atoms with Crippen molar-refractivity contribution in [2.24, 2.45) is 5.41 Å². The molecule has 3 N–H and O–H groups in total. The molecular weight excluding hydrogens is 256 g/mol. The molecule has 0 aliphatic rings. The van der Waals surface area contributed by atoms with Crippen LogP contribution in [0.2, 0.25) is 0 Å². The SMILES string of the molecule is Cc1cc(NC(=O)NCC(C)(C)C)cc(C(=O)O)c1C. The molecule has 20 heavy (non-hydrogen) atoms. The van der Waals surface area contributed by atoms with Crippen LogP contribution < -0.4 is 10.6 Å². The molecule has 5 nitrogen and oxygen atoms in total. The number of carbonyl (C=O) groups is 2. The molecule has 0 heterocycles. The largest absolute Gasteiger partial charge is 0.478 e. The first-order valence-corrected chi connectivity index (χ1v) is 6.49. The van der Waals surface area contributed by atoms with Crippen LogP contribution >= 0.6 is 0 Å². The van der Waals surface area contributed by atoms with Crippen LogP contribution in [0.15, 0.2) is 12.1 Å². The van der Waals surface area contributed by atoms with E-state index in [-0.39, 0.29) is 17.0 Å². The second-order valence-corrected chi connectivity index (χ2v) is 6.14. The third-order valence-electron chi connectivity index (χ3n) is 2.93. The lowest BCUT2D eigenvalue weighted by atomic mass is 9.97. The molecule has 0 saturated carbocycles. The molecule has 5 heteroatoms. The molecule has 1 aromatic rings. The van der Waals surface area contributed by atoms with Gasteiger partial charge in [0.2, 0.25) is 0 Å². The summed E-state index contributed by atoms with van der Waals surface area (Å²) in [5.74, 6) is -0.996. The Labute approximate surface area is 119 Å². The van der Waals surface area contributed by atoms with Crippen LogP contribution in [0.1, 0.15) is 42.3 Å². The standard InChI is InChI=1S/C15H22N2O3/c1-9-6-11(7-12(10(9)2)13(18)19)17-14(20)16-8-15(3,4)5/h6-7H,8H2,1-5H3,(H,18,19)(H2,16,17,20). The highest BCUT2D eigenvalue weighted by Gasteiger charge is 2.14. The Bertz CT molecular complexity index is 531. The highest BCUT2D eigenvalue weighted by atomic mass is 16.4. The number of urea groups is 1. The van der Waals surface area contributed by atoms with E-state index in [4.69, 9.17) is 5.11 Å². The molecule has 0 aliphatic carbocycles. The lowest BCUT2D eigenvalue weighted by molar-refractivity contribution is 0.0696. The van der Waals surface area contributed by atoms with Crippen LogP contribution in [0.3, 0.4) is 0 Å². The van der Waals surface area contributed by atoms with Crippen LogP contribution in [-0.4, -0.2) is 23.7 Å². The number of carboxylic acid groups (broad SMARTS) is 1. The van der Waals surface area contributed by atoms with Gasteiger partial charge in [0.05, 0.1) is 5.56 Å². The van der Waals surface area contributed by atoms with Crippen molar-refractivity contribution in [3.63, 3.8) is 0 Å². The number of amides is 2. The van der Waals surface area contributed by atoms with E-state index >= 15 is 0 Å². The van der Waals surface area contributed by atoms with Crippen molar-refractivity contribution in [2.75, 3.05) is 11.9 Å². The number of aromatic carboxylic acids is 1. The van der Waals surface area contributed by atoms with Gasteiger partial charge in [0.25, 0.3) is 0 Å². The number of nitrogens with one attached hydrogen (secondary N) is 2. The van der Waals surface area contributed by atoms with Crippen LogP contribution in [-0.2, 0) is 0 Å². The first-order chi connectivity index (χ1) is 9.10. The maximum Gasteiger partial charge on any atom is 0.336 e. The summed E-state index contributed by atoms with van der Waals surface area (Å²) in [7, 11) is 0. The van der Waals surface area contributed by atoms with E-state index in [0.29, 0.717) is 17.8 Å². The summed E-state index contributed by atoms with van der Waals surface area (Å²) in [4.78, 5) is 22.9. The zero-order valence-electron chi connectivity index (χ0n) is 12.6. The minimum atomic E-state index is -0.996. The number of anilines is 1. The predicted molar refractivity (Wildman–Crippen MR) is 79.4 cm³/mol. The van der Waals surface area contributed by atoms with Crippen molar-refractivity contribution in [3.05, 3.63) is 28.8 Å². The highest BCUT2D eigenvalue weighted by molar-refractivity contribution is 5.94. The second kappa shape index (κ2) is 5.94. The smallest absolute Gasteiger partial charge is 0.336 e. The Morgan fingerprint density at radius 3 is 2.30 bits per heavy atom. The molecule has 2 amide bonds. The lowest BCUT2D eigenvalue weighted by Crippen LogP contribution is -2.35. The highest BCUT2D eigenvalue weighted by Crippen LogP contribution is 2.20. The molecule has 0 spiro atoms. The van der Waals surface area contributed by atoms with Crippen LogP contribution in [0.25, 0.3) is 0 Å². The van der Waals surface area contributed by atoms with Crippen LogP contribution in [0.4, 0.5) is 10.5 Å². The maximum atomic E-state index is 11.8. The van der Waals surface area contributed by atoms with Gasteiger partial charge >= 0.3 is 12.0 Å². The fourth-order valence-electron chi connectivity index (χ4n) is 1.67. The number of hydrogen-bond donors (Lipinski definition) is 3. The maximum absolute atomic E-state index is 11.8. The first-order valence-electron chi connectivity index (χ1n) is 6.49. The Morgan fingerprint density at radius 1 is 1.20 bits per heavy atom. The van der Waals surface area contributed by atoms with Gasteiger partial charge in [-0.1, -0.05) is 20.8 Å². The molecule has 1 rings (SSSR count). The topological polar surface area (TPSA) is 78.4 Å². The van der Waals surface area contributed by atoms with Crippen molar-refractivity contribution in [1.29, 1.82) is 0 Å². The number of carboxylic acids is 1. The van der Waals surface area contributed by atoms with E-state index in [1.807, 2.05) is 27.7 Å². The monoisotopic (exact) mass is 278 g/mol. The summed E-state index contributed by atoms with van der Waals surface area (Å²) in [6, 6.07) is 2.90. The van der Waals surface area contributed by atoms with Gasteiger partial charge in [0.1, 0.15) is 0 Å². The quantitative estimate of drug-likeness (QED) is 0.794. The Morgan fingerprint density at radius 2 is 1.80 bits per heavy atom. The third-order valence-corrected chi connectivity index (χ3v) is 2.93. The van der Waals surface area contributed by atoms with E-state index in [0.717, 1.165) is 5.56 Å². The summed E-state index contributed by atoms with van der Waals surface area (Å²) < 4.78 is 0. The lowest BCUT2D eigenvalue weighted by Gasteiger charge is -2.19. The number of benzene rings is 1. The summed E-state index contributed by atoms with van der Waals surface area (Å²) >= 11 is 0. The van der Waals surface area contributed by atoms with Gasteiger partial charge in [-0.25, -0.2) is 9.59 Å². The van der Waals surface area contributed by atoms with Crippen LogP contribution in [0, 0.1) is 19.3 Å². The Hall–Kier alpha value is -2.04. The molecule has 0 fully saturated rings. The molecular formula is C15H22N2O3. The summed E-state index contributed by atoms with van der Waals surface area (Å²) in [5.41, 5.74) is 2.22. The molecule has 0 unspecified atom stereocenters. The fourth-order valence-corrected chi connectivity index (χ4v) is 1.67. The number of hydrogen-bond acceptors (Lipinski definition) is 2. The fraction of sp³-hybridized carbons (Fsp3) is 0.467. The van der Waals surface area contributed by atoms with Gasteiger partial charge in [-0.2, -0.15) is 0 Å². The summed E-state index contributed by atoms with van der Waals surface area (Å²) in [5, 5.41) is 14.6. The van der Waals surface area contributed by atoms with Crippen molar-refractivity contribution in [3.8, 4) is 0 Å². The molecule has 0 radical (unpaired) electrons. The number of aryl methyl sites for hydroxylation is 1. The molecule has 110 valence electrons. The van der Waals surface area contributed by atoms with Crippen molar-refractivity contribution in [1.82, 2.24) is 5.32 Å². The first kappa shape index (κ1) is 16.0. The van der Waals surface area contributed by atoms with Crippen molar-refractivity contribution < 1.29 is 14.7 Å². The minimum absolute atomic E-state index is 0.00719. The number of rotatable bonds is 3. The van der Waals surface area contributed by atoms with Gasteiger partial charge in [-0.05, 0) is 42.5 Å². The van der Waals surface area contributed by atoms with E-state index in [1.165, 1.54) is 6.07 Å². The zero-order chi connectivity index (χ0) is 15.5. The third kappa shape index (κ3) is 4.57. The molecule has 0 aromatic heterocycles. The van der Waals surface area contributed by atoms with E-state index in [9.17, 15) is 9.59 Å². The van der Waals surface area contributed by atoms with Gasteiger partial charge in [-0.15, -0.1) is 0 Å². The predicted octanol–water partition coefficient (Wildman–Crippen LogP) is 3.17. The van der Waals surface area contributed by atoms with Gasteiger partial charge in [0.15, 0.2) is 0 Å². The Balaban J connectivity index is 2.83. The van der Waals surface area contributed by atoms with Crippen LogP contribution in [0.5, 0.6) is 0 Å². The molecule has 0 saturated heterocycles. The number of carbonyl (C=O) groups excluding carboxylic acids is 1. The van der Waals surface area contributed by atoms with Gasteiger partial charge in [0, 0.05) is 12.2 Å². The molecule has 1 aromatic carbocycles. The zero-order valence-corrected chi connectivity index (χ0v) is 12.6. The molecule has 0 aliphatic heterocycles. The van der Waals surface area contributed by atoms with E-state index in [2.05, 4.69) is 10.6 Å². The summed E-state index contributed by atoms with van der Waals surface area (Å²) in [6.07, 6.45) is 0. The van der Waals surface area contributed by atoms with Crippen molar-refractivity contribution >= 4 is 17.7 Å². The van der Waals surface area contributed by atoms with Gasteiger partial charge < -0.3 is 15.7 Å². The molecule has 0 atom stereocenters. The van der Waals surface area contributed by atoms with E-state index < -0.39 is 5.97 Å². The normalized spacial score (nSPS) is 11.1.